The van der Waals surface area contributed by atoms with Gasteiger partial charge < -0.3 is 4.74 Å². The highest BCUT2D eigenvalue weighted by molar-refractivity contribution is 6.24. The predicted octanol–water partition coefficient (Wildman–Crippen LogP) is 2.88. The van der Waals surface area contributed by atoms with E-state index in [0.717, 1.165) is 11.1 Å². The summed E-state index contributed by atoms with van der Waals surface area (Å²) in [7, 11) is 1.29. The van der Waals surface area contributed by atoms with Crippen LogP contribution in [0.3, 0.4) is 0 Å². The fourth-order valence-electron chi connectivity index (χ4n) is 5.17. The standard InChI is InChI=1S/C26H22N2O4/c1-32-25(31)22-20-21(24(30)28(23(20)29)19-15-9-4-10-16-19)26(27-22,17-11-5-2-6-12-17)18-13-7-3-8-14-18/h2-16,20-22,27H,1H3/t20-,21+,22+/m0/s1. The van der Waals surface area contributed by atoms with Crippen LogP contribution in [-0.4, -0.2) is 30.9 Å². The number of imide groups is 1. The van der Waals surface area contributed by atoms with Crippen LogP contribution < -0.4 is 10.2 Å². The number of ether oxygens (including phenoxy) is 1. The molecule has 0 radical (unpaired) electrons. The number of anilines is 1. The molecule has 32 heavy (non-hydrogen) atoms. The van der Waals surface area contributed by atoms with E-state index in [-0.39, 0.29) is 5.91 Å². The minimum Gasteiger partial charge on any atom is -0.468 e. The summed E-state index contributed by atoms with van der Waals surface area (Å²) in [5, 5.41) is 3.38. The lowest BCUT2D eigenvalue weighted by atomic mass is 9.72. The third-order valence-corrected chi connectivity index (χ3v) is 6.49. The van der Waals surface area contributed by atoms with Gasteiger partial charge in [-0.15, -0.1) is 0 Å². The molecular weight excluding hydrogens is 404 g/mol. The highest BCUT2D eigenvalue weighted by Crippen LogP contribution is 2.52. The van der Waals surface area contributed by atoms with E-state index in [1.807, 2.05) is 66.7 Å². The molecule has 0 aromatic heterocycles. The van der Waals surface area contributed by atoms with Gasteiger partial charge in [-0.1, -0.05) is 78.9 Å². The Morgan fingerprint density at radius 1 is 0.812 bits per heavy atom. The Morgan fingerprint density at radius 2 is 1.31 bits per heavy atom. The van der Waals surface area contributed by atoms with E-state index >= 15 is 0 Å². The minimum atomic E-state index is -1.07. The van der Waals surface area contributed by atoms with Gasteiger partial charge in [0.15, 0.2) is 0 Å². The van der Waals surface area contributed by atoms with Crippen LogP contribution in [0.15, 0.2) is 91.0 Å². The smallest absolute Gasteiger partial charge is 0.323 e. The van der Waals surface area contributed by atoms with Crippen molar-refractivity contribution in [3.8, 4) is 0 Å². The molecule has 2 fully saturated rings. The molecule has 0 saturated carbocycles. The van der Waals surface area contributed by atoms with Crippen LogP contribution in [0.2, 0.25) is 0 Å². The number of carbonyl (C=O) groups excluding carboxylic acids is 3. The number of methoxy groups -OCH3 is 1. The molecule has 0 spiro atoms. The van der Waals surface area contributed by atoms with E-state index in [9.17, 15) is 14.4 Å². The van der Waals surface area contributed by atoms with Crippen molar-refractivity contribution in [2.45, 2.75) is 11.6 Å². The SMILES string of the molecule is COC(=O)[C@@H]1NC(c2ccccc2)(c2ccccc2)[C@H]2C(=O)N(c3ccccc3)C(=O)[C@H]12. The molecule has 3 atom stereocenters. The van der Waals surface area contributed by atoms with E-state index in [1.54, 1.807) is 24.3 Å². The van der Waals surface area contributed by atoms with Crippen LogP contribution in [0.25, 0.3) is 0 Å². The zero-order valence-electron chi connectivity index (χ0n) is 17.5. The van der Waals surface area contributed by atoms with Gasteiger partial charge in [0, 0.05) is 0 Å². The molecular formula is C26H22N2O4. The third kappa shape index (κ3) is 2.80. The van der Waals surface area contributed by atoms with E-state index < -0.39 is 35.3 Å². The van der Waals surface area contributed by atoms with Gasteiger partial charge in [-0.2, -0.15) is 0 Å². The molecule has 0 bridgehead atoms. The van der Waals surface area contributed by atoms with Gasteiger partial charge in [-0.05, 0) is 23.3 Å². The number of rotatable bonds is 4. The van der Waals surface area contributed by atoms with Gasteiger partial charge in [0.1, 0.15) is 6.04 Å². The lowest BCUT2D eigenvalue weighted by Gasteiger charge is -2.36. The summed E-state index contributed by atoms with van der Waals surface area (Å²) < 4.78 is 5.05. The quantitative estimate of drug-likeness (QED) is 0.513. The number of hydrogen-bond acceptors (Lipinski definition) is 5. The molecule has 2 amide bonds. The average molecular weight is 426 g/mol. The van der Waals surface area contributed by atoms with Crippen LogP contribution in [0.4, 0.5) is 5.69 Å². The monoisotopic (exact) mass is 426 g/mol. The van der Waals surface area contributed by atoms with E-state index in [2.05, 4.69) is 5.32 Å². The number of amides is 2. The van der Waals surface area contributed by atoms with Crippen molar-refractivity contribution in [2.24, 2.45) is 11.8 Å². The zero-order valence-corrected chi connectivity index (χ0v) is 17.5. The van der Waals surface area contributed by atoms with E-state index in [1.165, 1.54) is 12.0 Å². The Morgan fingerprint density at radius 3 is 1.81 bits per heavy atom. The van der Waals surface area contributed by atoms with Crippen molar-refractivity contribution in [2.75, 3.05) is 12.0 Å². The Labute approximate surface area is 185 Å². The first kappa shape index (κ1) is 20.2. The van der Waals surface area contributed by atoms with Gasteiger partial charge in [0.2, 0.25) is 11.8 Å². The maximum absolute atomic E-state index is 13.9. The summed E-state index contributed by atoms with van der Waals surface area (Å²) in [5.74, 6) is -3.01. The Balaban J connectivity index is 1.76. The molecule has 5 rings (SSSR count). The lowest BCUT2D eigenvalue weighted by molar-refractivity contribution is -0.145. The lowest BCUT2D eigenvalue weighted by Crippen LogP contribution is -2.51. The topological polar surface area (TPSA) is 75.7 Å². The molecule has 6 heteroatoms. The number of hydrogen-bond donors (Lipinski definition) is 1. The fourth-order valence-corrected chi connectivity index (χ4v) is 5.17. The maximum Gasteiger partial charge on any atom is 0.323 e. The summed E-state index contributed by atoms with van der Waals surface area (Å²) in [6, 6.07) is 26.9. The van der Waals surface area contributed by atoms with E-state index in [0.29, 0.717) is 5.69 Å². The summed E-state index contributed by atoms with van der Waals surface area (Å²) in [5.41, 5.74) is 1.05. The summed E-state index contributed by atoms with van der Waals surface area (Å²) >= 11 is 0. The number of nitrogens with zero attached hydrogens (tertiary/aromatic N) is 1. The van der Waals surface area contributed by atoms with Crippen LogP contribution in [-0.2, 0) is 24.7 Å². The molecule has 6 nitrogen and oxygen atoms in total. The van der Waals surface area contributed by atoms with Crippen LogP contribution in [0.5, 0.6) is 0 Å². The molecule has 160 valence electrons. The van der Waals surface area contributed by atoms with Crippen LogP contribution >= 0.6 is 0 Å². The average Bonchev–Trinajstić information content (AvgIpc) is 3.35. The number of esters is 1. The van der Waals surface area contributed by atoms with Crippen LogP contribution in [0.1, 0.15) is 11.1 Å². The number of fused-ring (bicyclic) bond motifs is 1. The van der Waals surface area contributed by atoms with Crippen molar-refractivity contribution in [1.82, 2.24) is 5.32 Å². The Bertz CT molecular complexity index is 1120. The molecule has 0 aliphatic carbocycles. The first-order valence-corrected chi connectivity index (χ1v) is 10.5. The van der Waals surface area contributed by atoms with E-state index in [4.69, 9.17) is 4.74 Å². The number of carbonyl (C=O) groups is 3. The fraction of sp³-hybridized carbons (Fsp3) is 0.192. The largest absolute Gasteiger partial charge is 0.468 e. The first-order chi connectivity index (χ1) is 15.6. The zero-order chi connectivity index (χ0) is 22.3. The second kappa shape index (κ2) is 7.73. The molecule has 3 aromatic carbocycles. The van der Waals surface area contributed by atoms with Crippen LogP contribution in [0, 0.1) is 11.8 Å². The molecule has 0 unspecified atom stereocenters. The summed E-state index contributed by atoms with van der Waals surface area (Å²) in [4.78, 5) is 41.6. The molecule has 2 heterocycles. The Hall–Kier alpha value is -3.77. The molecule has 2 aliphatic rings. The summed E-state index contributed by atoms with van der Waals surface area (Å²) in [6.07, 6.45) is 0. The van der Waals surface area contributed by atoms with Crippen molar-refractivity contribution in [3.63, 3.8) is 0 Å². The maximum atomic E-state index is 13.9. The highest BCUT2D eigenvalue weighted by atomic mass is 16.5. The third-order valence-electron chi connectivity index (χ3n) is 6.49. The highest BCUT2D eigenvalue weighted by Gasteiger charge is 2.68. The second-order valence-corrected chi connectivity index (χ2v) is 8.04. The number of para-hydroxylation sites is 1. The minimum absolute atomic E-state index is 0.335. The van der Waals surface area contributed by atoms with Crippen molar-refractivity contribution in [3.05, 3.63) is 102 Å². The number of nitrogens with one attached hydrogen (secondary N) is 1. The van der Waals surface area contributed by atoms with Gasteiger partial charge in [0.05, 0.1) is 30.2 Å². The van der Waals surface area contributed by atoms with Crippen molar-refractivity contribution < 1.29 is 19.1 Å². The normalized spacial score (nSPS) is 23.8. The molecule has 1 N–H and O–H groups in total. The number of benzene rings is 3. The summed E-state index contributed by atoms with van der Waals surface area (Å²) in [6.45, 7) is 0. The van der Waals surface area contributed by atoms with Gasteiger partial charge in [-0.25, -0.2) is 4.90 Å². The second-order valence-electron chi connectivity index (χ2n) is 8.04. The molecule has 3 aromatic rings. The van der Waals surface area contributed by atoms with Crippen molar-refractivity contribution in [1.29, 1.82) is 0 Å². The van der Waals surface area contributed by atoms with Crippen molar-refractivity contribution >= 4 is 23.5 Å². The molecule has 2 aliphatic heterocycles. The molecule has 2 saturated heterocycles. The Kier molecular flexibility index (Phi) is 4.87. The first-order valence-electron chi connectivity index (χ1n) is 10.5. The van der Waals surface area contributed by atoms with Gasteiger partial charge in [-0.3, -0.25) is 19.7 Å². The van der Waals surface area contributed by atoms with Gasteiger partial charge >= 0.3 is 5.97 Å². The van der Waals surface area contributed by atoms with Gasteiger partial charge in [0.25, 0.3) is 0 Å². The predicted molar refractivity (Wildman–Crippen MR) is 119 cm³/mol.